The Hall–Kier alpha value is -5.63. The Morgan fingerprint density at radius 3 is 0.851 bits per heavy atom. The van der Waals surface area contributed by atoms with Crippen LogP contribution in [0.25, 0.3) is 0 Å². The van der Waals surface area contributed by atoms with Gasteiger partial charge in [-0.3, -0.25) is 4.67 Å². The average Bonchev–Trinajstić information content (AvgIpc) is 3.17. The molecule has 0 aliphatic heterocycles. The van der Waals surface area contributed by atoms with Crippen LogP contribution < -0.4 is 35.8 Å². The molecule has 226 valence electrons. The van der Waals surface area contributed by atoms with Crippen LogP contribution in [0.5, 0.6) is 0 Å². The minimum absolute atomic E-state index is 0.997. The highest BCUT2D eigenvalue weighted by molar-refractivity contribution is 7.14. The monoisotopic (exact) mass is 637 g/mol. The Bertz CT molecular complexity index is 1820. The van der Waals surface area contributed by atoms with Gasteiger partial charge in [-0.1, -0.05) is 205 Å². The molecule has 3 nitrogen and oxygen atoms in total. The van der Waals surface area contributed by atoms with Crippen molar-refractivity contribution < 1.29 is 0 Å². The van der Waals surface area contributed by atoms with Gasteiger partial charge in [-0.05, 0) is 43.3 Å². The summed E-state index contributed by atoms with van der Waals surface area (Å²) < 4.78 is 7.99. The summed E-state index contributed by atoms with van der Waals surface area (Å²) in [4.78, 5) is 0. The maximum absolute atomic E-state index is 5.71. The molecule has 0 spiro atoms. The summed E-state index contributed by atoms with van der Waals surface area (Å²) in [5, 5.41) is 12.8. The molecule has 0 unspecified atom stereocenters. The van der Waals surface area contributed by atoms with Crippen LogP contribution in [0.3, 0.4) is 0 Å². The van der Waals surface area contributed by atoms with Crippen LogP contribution in [-0.2, 0) is 0 Å². The molecular weight excluding hydrogens is 603 g/mol. The van der Waals surface area contributed by atoms with Gasteiger partial charge in [0.05, 0.1) is 5.69 Å². The van der Waals surface area contributed by atoms with Crippen molar-refractivity contribution in [1.82, 2.24) is 0 Å². The molecule has 0 heterocycles. The first-order valence-corrected chi connectivity index (χ1v) is 19.8. The van der Waals surface area contributed by atoms with E-state index in [-0.39, 0.29) is 0 Å². The maximum Gasteiger partial charge on any atom is 0.303 e. The lowest BCUT2D eigenvalue weighted by Crippen LogP contribution is -2.76. The molecule has 0 aromatic heterocycles. The molecule has 47 heavy (non-hydrogen) atoms. The fourth-order valence-electron chi connectivity index (χ4n) is 6.61. The molecular formula is C42H35N3Si2. The van der Waals surface area contributed by atoms with Crippen molar-refractivity contribution in [2.24, 2.45) is 10.0 Å². The first kappa shape index (κ1) is 30.1. The summed E-state index contributed by atoms with van der Waals surface area (Å²) in [6.45, 7) is 0. The molecule has 7 aromatic rings. The van der Waals surface area contributed by atoms with Gasteiger partial charge in [-0.2, -0.15) is 4.78 Å². The molecule has 0 saturated carbocycles. The van der Waals surface area contributed by atoms with Crippen LogP contribution in [-0.4, -0.2) is 16.5 Å². The van der Waals surface area contributed by atoms with E-state index in [0.717, 1.165) is 5.69 Å². The van der Waals surface area contributed by atoms with E-state index in [1.165, 1.54) is 31.1 Å². The lowest BCUT2D eigenvalue weighted by molar-refractivity contribution is 1.04. The minimum Gasteiger partial charge on any atom is -0.262 e. The zero-order valence-electron chi connectivity index (χ0n) is 26.0. The highest BCUT2D eigenvalue weighted by Gasteiger charge is 2.48. The van der Waals surface area contributed by atoms with Gasteiger partial charge in [0.15, 0.2) is 0 Å². The third-order valence-corrected chi connectivity index (χ3v) is 17.1. The van der Waals surface area contributed by atoms with Gasteiger partial charge in [-0.15, -0.1) is 0 Å². The van der Waals surface area contributed by atoms with E-state index in [0.29, 0.717) is 0 Å². The van der Waals surface area contributed by atoms with Crippen molar-refractivity contribution >= 4 is 53.3 Å². The smallest absolute Gasteiger partial charge is 0.262 e. The van der Waals surface area contributed by atoms with Gasteiger partial charge in [0, 0.05) is 0 Å². The molecule has 7 aromatic carbocycles. The van der Waals surface area contributed by atoms with Crippen molar-refractivity contribution in [3.63, 3.8) is 0 Å². The number of hydrogen-bond donors (Lipinski definition) is 0. The molecule has 0 bridgehead atoms. The molecule has 0 saturated heterocycles. The molecule has 0 amide bonds. The number of rotatable bonds is 10. The van der Waals surface area contributed by atoms with E-state index in [1.807, 2.05) is 0 Å². The number of benzene rings is 7. The Morgan fingerprint density at radius 1 is 0.298 bits per heavy atom. The standard InChI is InChI=1S/C42H35N3Si2/c1-8-22-36(23-9-1)45(47(40-30-16-5-17-31-40,41-32-18-6-19-33-41)42-34-20-7-21-35-42)43-44-46(37-24-10-2-11-25-37,38-26-12-3-13-27-38)39-28-14-4-15-29-39/h1-35H. The molecule has 0 aliphatic rings. The number of anilines is 1. The van der Waals surface area contributed by atoms with Crippen molar-refractivity contribution in [1.29, 1.82) is 0 Å². The molecule has 7 rings (SSSR count). The fraction of sp³-hybridized carbons (Fsp3) is 0. The molecule has 0 atom stereocenters. The van der Waals surface area contributed by atoms with E-state index >= 15 is 0 Å². The SMILES string of the molecule is c1ccc(N(N=N[Si](c2ccccc2)(c2ccccc2)c2ccccc2)[Si](c2ccccc2)(c2ccccc2)c2ccccc2)cc1. The van der Waals surface area contributed by atoms with Gasteiger partial charge in [0.2, 0.25) is 0 Å². The van der Waals surface area contributed by atoms with Gasteiger partial charge in [0.25, 0.3) is 8.24 Å². The third kappa shape index (κ3) is 5.67. The highest BCUT2D eigenvalue weighted by atomic mass is 28.3. The van der Waals surface area contributed by atoms with Crippen molar-refractivity contribution in [3.8, 4) is 0 Å². The summed E-state index contributed by atoms with van der Waals surface area (Å²) in [6, 6.07) is 75.4. The predicted molar refractivity (Wildman–Crippen MR) is 202 cm³/mol. The van der Waals surface area contributed by atoms with E-state index in [2.05, 4.69) is 217 Å². The quantitative estimate of drug-likeness (QED) is 0.0761. The molecule has 5 heteroatoms. The summed E-state index contributed by atoms with van der Waals surface area (Å²) in [7, 11) is -6.16. The van der Waals surface area contributed by atoms with Gasteiger partial charge >= 0.3 is 8.24 Å². The maximum atomic E-state index is 5.71. The van der Waals surface area contributed by atoms with Crippen LogP contribution in [0.1, 0.15) is 0 Å². The topological polar surface area (TPSA) is 28.0 Å². The molecule has 0 N–H and O–H groups in total. The number of nitrogens with zero attached hydrogens (tertiary/aromatic N) is 3. The summed E-state index contributed by atoms with van der Waals surface area (Å²) >= 11 is 0. The largest absolute Gasteiger partial charge is 0.303 e. The van der Waals surface area contributed by atoms with Crippen LogP contribution >= 0.6 is 0 Å². The van der Waals surface area contributed by atoms with Crippen LogP contribution in [0.2, 0.25) is 0 Å². The Balaban J connectivity index is 1.59. The number of hydrogen-bond acceptors (Lipinski definition) is 2. The zero-order valence-corrected chi connectivity index (χ0v) is 28.0. The normalized spacial score (nSPS) is 11.7. The van der Waals surface area contributed by atoms with Crippen molar-refractivity contribution in [2.75, 3.05) is 4.67 Å². The van der Waals surface area contributed by atoms with E-state index in [4.69, 9.17) is 10.0 Å². The zero-order chi connectivity index (χ0) is 31.8. The number of para-hydroxylation sites is 1. The Labute approximate surface area is 279 Å². The van der Waals surface area contributed by atoms with Crippen LogP contribution in [0.15, 0.2) is 222 Å². The van der Waals surface area contributed by atoms with Gasteiger partial charge < -0.3 is 0 Å². The Kier molecular flexibility index (Phi) is 8.82. The average molecular weight is 638 g/mol. The summed E-state index contributed by atoms with van der Waals surface area (Å²) in [5.74, 6) is 0. The molecule has 0 fully saturated rings. The second-order valence-corrected chi connectivity index (χ2v) is 18.4. The molecule has 0 aliphatic carbocycles. The van der Waals surface area contributed by atoms with Crippen molar-refractivity contribution in [2.45, 2.75) is 0 Å². The van der Waals surface area contributed by atoms with Crippen LogP contribution in [0, 0.1) is 0 Å². The third-order valence-electron chi connectivity index (χ3n) is 8.75. The Morgan fingerprint density at radius 2 is 0.553 bits per heavy atom. The first-order valence-electron chi connectivity index (χ1n) is 15.9. The second kappa shape index (κ2) is 13.8. The summed E-state index contributed by atoms with van der Waals surface area (Å²) in [6.07, 6.45) is 0. The fourth-order valence-corrected chi connectivity index (χ4v) is 14.8. The van der Waals surface area contributed by atoms with Crippen molar-refractivity contribution in [3.05, 3.63) is 212 Å². The highest BCUT2D eigenvalue weighted by Crippen LogP contribution is 2.25. The predicted octanol–water partition coefficient (Wildman–Crippen LogP) is 6.19. The first-order chi connectivity index (χ1) is 23.3. The summed E-state index contributed by atoms with van der Waals surface area (Å²) in [5.41, 5.74) is 0.997. The van der Waals surface area contributed by atoms with E-state index in [9.17, 15) is 0 Å². The lowest BCUT2D eigenvalue weighted by Gasteiger charge is -2.41. The minimum atomic E-state index is -3.10. The van der Waals surface area contributed by atoms with E-state index in [1.54, 1.807) is 0 Å². The van der Waals surface area contributed by atoms with Crippen LogP contribution in [0.4, 0.5) is 5.69 Å². The lowest BCUT2D eigenvalue weighted by atomic mass is 10.3. The van der Waals surface area contributed by atoms with E-state index < -0.39 is 16.5 Å². The second-order valence-electron chi connectivity index (χ2n) is 11.5. The van der Waals surface area contributed by atoms with Gasteiger partial charge in [0.1, 0.15) is 0 Å². The van der Waals surface area contributed by atoms with Gasteiger partial charge in [-0.25, -0.2) is 0 Å². The molecule has 0 radical (unpaired) electrons.